The predicted octanol–water partition coefficient (Wildman–Crippen LogP) is -0.169. The largest absolute Gasteiger partial charge is 0.300 e. The molecule has 0 fully saturated rings. The van der Waals surface area contributed by atoms with Crippen molar-refractivity contribution in [1.29, 1.82) is 0 Å². The van der Waals surface area contributed by atoms with E-state index in [-0.39, 0.29) is 18.1 Å². The summed E-state index contributed by atoms with van der Waals surface area (Å²) in [7, 11) is 0. The highest BCUT2D eigenvalue weighted by Gasteiger charge is 2.23. The molecule has 0 aromatic carbocycles. The molecule has 0 aromatic rings. The van der Waals surface area contributed by atoms with E-state index in [1.54, 1.807) is 0 Å². The highest BCUT2D eigenvalue weighted by molar-refractivity contribution is 5.88. The maximum absolute atomic E-state index is 10.7. The predicted molar refractivity (Wildman–Crippen MR) is 32.1 cm³/mol. The Morgan fingerprint density at radius 1 is 1.80 bits per heavy atom. The second-order valence-electron chi connectivity index (χ2n) is 2.11. The number of amides is 1. The first-order valence-corrected chi connectivity index (χ1v) is 2.89. The lowest BCUT2D eigenvalue weighted by Crippen LogP contribution is -2.24. The van der Waals surface area contributed by atoms with Gasteiger partial charge in [0.25, 0.3) is 5.91 Å². The molecule has 0 saturated heterocycles. The lowest BCUT2D eigenvalue weighted by atomic mass is 10.1. The van der Waals surface area contributed by atoms with Crippen LogP contribution in [0.4, 0.5) is 0 Å². The summed E-state index contributed by atoms with van der Waals surface area (Å²) in [5.41, 5.74) is 2.14. The van der Waals surface area contributed by atoms with Crippen molar-refractivity contribution in [2.24, 2.45) is 10.3 Å². The SMILES string of the molecule is CC(=O)CC1N=NNC1=O. The molecule has 0 spiro atoms. The van der Waals surface area contributed by atoms with Crippen molar-refractivity contribution in [1.82, 2.24) is 5.43 Å². The van der Waals surface area contributed by atoms with E-state index in [2.05, 4.69) is 15.8 Å². The lowest BCUT2D eigenvalue weighted by molar-refractivity contribution is -0.124. The van der Waals surface area contributed by atoms with E-state index in [1.165, 1.54) is 6.92 Å². The van der Waals surface area contributed by atoms with E-state index < -0.39 is 6.04 Å². The molecule has 1 atom stereocenters. The van der Waals surface area contributed by atoms with E-state index in [0.29, 0.717) is 0 Å². The molecule has 0 saturated carbocycles. The fraction of sp³-hybridized carbons (Fsp3) is 0.600. The Hall–Kier alpha value is -1.26. The Morgan fingerprint density at radius 2 is 2.50 bits per heavy atom. The Bertz CT molecular complexity index is 199. The van der Waals surface area contributed by atoms with E-state index >= 15 is 0 Å². The van der Waals surface area contributed by atoms with Gasteiger partial charge in [-0.05, 0) is 6.92 Å². The van der Waals surface area contributed by atoms with Crippen LogP contribution in [-0.2, 0) is 9.59 Å². The van der Waals surface area contributed by atoms with Gasteiger partial charge in [0.2, 0.25) is 0 Å². The normalized spacial score (nSPS) is 22.9. The maximum atomic E-state index is 10.7. The number of hydrogen-bond acceptors (Lipinski definition) is 4. The van der Waals surface area contributed by atoms with Gasteiger partial charge in [0.05, 0.1) is 0 Å². The van der Waals surface area contributed by atoms with Crippen LogP contribution in [0.2, 0.25) is 0 Å². The summed E-state index contributed by atoms with van der Waals surface area (Å²) in [5, 5.41) is 6.77. The van der Waals surface area contributed by atoms with Crippen LogP contribution in [0.15, 0.2) is 10.3 Å². The molecule has 1 amide bonds. The maximum Gasteiger partial charge on any atom is 0.268 e. The monoisotopic (exact) mass is 141 g/mol. The number of nitrogens with zero attached hydrogens (tertiary/aromatic N) is 2. The molecule has 1 rings (SSSR count). The molecule has 0 aromatic heterocycles. The lowest BCUT2D eigenvalue weighted by Gasteiger charge is -1.96. The minimum atomic E-state index is -0.586. The molecule has 1 aliphatic heterocycles. The molecule has 0 radical (unpaired) electrons. The quantitative estimate of drug-likeness (QED) is 0.580. The fourth-order valence-corrected chi connectivity index (χ4v) is 0.681. The number of carbonyl (C=O) groups excluding carboxylic acids is 2. The molecule has 1 unspecified atom stereocenters. The Balaban J connectivity index is 2.48. The molecule has 5 heteroatoms. The first-order valence-electron chi connectivity index (χ1n) is 2.89. The van der Waals surface area contributed by atoms with E-state index in [4.69, 9.17) is 0 Å². The van der Waals surface area contributed by atoms with Gasteiger partial charge in [-0.1, -0.05) is 5.22 Å². The van der Waals surface area contributed by atoms with Gasteiger partial charge in [0.1, 0.15) is 5.78 Å². The zero-order valence-corrected chi connectivity index (χ0v) is 5.50. The van der Waals surface area contributed by atoms with Crippen LogP contribution in [0.5, 0.6) is 0 Å². The van der Waals surface area contributed by atoms with Gasteiger partial charge in [0, 0.05) is 6.42 Å². The number of ketones is 1. The van der Waals surface area contributed by atoms with Crippen molar-refractivity contribution in [2.75, 3.05) is 0 Å². The van der Waals surface area contributed by atoms with Gasteiger partial charge in [-0.2, -0.15) is 5.11 Å². The van der Waals surface area contributed by atoms with Crippen LogP contribution in [0.3, 0.4) is 0 Å². The van der Waals surface area contributed by atoms with Crippen LogP contribution in [-0.4, -0.2) is 17.7 Å². The zero-order chi connectivity index (χ0) is 7.56. The summed E-state index contributed by atoms with van der Waals surface area (Å²) in [6.07, 6.45) is 0.148. The minimum Gasteiger partial charge on any atom is -0.300 e. The summed E-state index contributed by atoms with van der Waals surface area (Å²) in [4.78, 5) is 21.1. The number of rotatable bonds is 2. The van der Waals surface area contributed by atoms with Crippen LogP contribution in [0, 0.1) is 0 Å². The molecule has 0 aliphatic carbocycles. The second kappa shape index (κ2) is 2.55. The van der Waals surface area contributed by atoms with Gasteiger partial charge in [0.15, 0.2) is 6.04 Å². The van der Waals surface area contributed by atoms with Crippen molar-refractivity contribution in [3.63, 3.8) is 0 Å². The van der Waals surface area contributed by atoms with Crippen molar-refractivity contribution < 1.29 is 9.59 Å². The Morgan fingerprint density at radius 3 is 2.90 bits per heavy atom. The molecular weight excluding hydrogens is 134 g/mol. The highest BCUT2D eigenvalue weighted by atomic mass is 16.2. The average Bonchev–Trinajstić information content (AvgIpc) is 2.15. The molecule has 1 heterocycles. The van der Waals surface area contributed by atoms with E-state index in [1.807, 2.05) is 0 Å². The number of nitrogens with one attached hydrogen (secondary N) is 1. The second-order valence-corrected chi connectivity index (χ2v) is 2.11. The van der Waals surface area contributed by atoms with Gasteiger partial charge in [-0.3, -0.25) is 9.59 Å². The number of hydrogen-bond donors (Lipinski definition) is 1. The average molecular weight is 141 g/mol. The molecule has 5 nitrogen and oxygen atoms in total. The van der Waals surface area contributed by atoms with Crippen LogP contribution in [0.25, 0.3) is 0 Å². The minimum absolute atomic E-state index is 0.0546. The molecular formula is C5H7N3O2. The first-order chi connectivity index (χ1) is 4.70. The van der Waals surface area contributed by atoms with Gasteiger partial charge in [-0.25, -0.2) is 5.43 Å². The summed E-state index contributed by atoms with van der Waals surface area (Å²) >= 11 is 0. The molecule has 0 bridgehead atoms. The van der Waals surface area contributed by atoms with Gasteiger partial charge in [-0.15, -0.1) is 0 Å². The number of carbonyl (C=O) groups is 2. The summed E-state index contributed by atoms with van der Waals surface area (Å²) in [6, 6.07) is -0.586. The topological polar surface area (TPSA) is 70.9 Å². The Labute approximate surface area is 57.5 Å². The van der Waals surface area contributed by atoms with Gasteiger partial charge >= 0.3 is 0 Å². The summed E-state index contributed by atoms with van der Waals surface area (Å²) in [6.45, 7) is 1.42. The molecule has 10 heavy (non-hydrogen) atoms. The first kappa shape index (κ1) is 6.85. The fourth-order valence-electron chi connectivity index (χ4n) is 0.681. The van der Waals surface area contributed by atoms with E-state index in [9.17, 15) is 9.59 Å². The zero-order valence-electron chi connectivity index (χ0n) is 5.50. The van der Waals surface area contributed by atoms with Gasteiger partial charge < -0.3 is 0 Å². The van der Waals surface area contributed by atoms with Crippen molar-refractivity contribution >= 4 is 11.7 Å². The standard InChI is InChI=1S/C5H7N3O2/c1-3(9)2-4-5(10)7-8-6-4/h4H,2H2,1H3,(H,6,7,10). The smallest absolute Gasteiger partial charge is 0.268 e. The molecule has 54 valence electrons. The van der Waals surface area contributed by atoms with E-state index in [0.717, 1.165) is 0 Å². The van der Waals surface area contributed by atoms with Crippen LogP contribution >= 0.6 is 0 Å². The summed E-state index contributed by atoms with van der Waals surface area (Å²) < 4.78 is 0. The third-order valence-electron chi connectivity index (χ3n) is 1.14. The third kappa shape index (κ3) is 1.37. The summed E-state index contributed by atoms with van der Waals surface area (Å²) in [5.74, 6) is -0.351. The van der Waals surface area contributed by atoms with Crippen LogP contribution < -0.4 is 5.43 Å². The third-order valence-corrected chi connectivity index (χ3v) is 1.14. The Kier molecular flexibility index (Phi) is 1.75. The molecule has 1 N–H and O–H groups in total. The van der Waals surface area contributed by atoms with Crippen LogP contribution in [0.1, 0.15) is 13.3 Å². The van der Waals surface area contributed by atoms with Crippen molar-refractivity contribution in [2.45, 2.75) is 19.4 Å². The highest BCUT2D eigenvalue weighted by Crippen LogP contribution is 2.04. The number of Topliss-reactive ketones (excluding diaryl/α,β-unsaturated/α-hetero) is 1. The van der Waals surface area contributed by atoms with Crippen molar-refractivity contribution in [3.8, 4) is 0 Å². The molecule has 1 aliphatic rings. The van der Waals surface area contributed by atoms with Crippen molar-refractivity contribution in [3.05, 3.63) is 0 Å².